The SMILES string of the molecule is COc1cc(C#N)ccc1CNC(=O)C1CCN1. The van der Waals surface area contributed by atoms with E-state index in [-0.39, 0.29) is 11.9 Å². The minimum atomic E-state index is -0.0608. The lowest BCUT2D eigenvalue weighted by molar-refractivity contribution is -0.124. The zero-order valence-electron chi connectivity index (χ0n) is 10.2. The van der Waals surface area contributed by atoms with Gasteiger partial charge < -0.3 is 15.4 Å². The predicted octanol–water partition coefficient (Wildman–Crippen LogP) is 0.545. The molecule has 2 N–H and O–H groups in total. The van der Waals surface area contributed by atoms with Crippen LogP contribution < -0.4 is 15.4 Å². The van der Waals surface area contributed by atoms with Crippen molar-refractivity contribution in [2.75, 3.05) is 13.7 Å². The van der Waals surface area contributed by atoms with Crippen molar-refractivity contribution in [2.45, 2.75) is 19.0 Å². The molecule has 1 atom stereocenters. The molecule has 1 aliphatic heterocycles. The summed E-state index contributed by atoms with van der Waals surface area (Å²) in [6.07, 6.45) is 0.885. The number of hydrogen-bond donors (Lipinski definition) is 2. The Balaban J connectivity index is 2.00. The lowest BCUT2D eigenvalue weighted by Crippen LogP contribution is -2.52. The summed E-state index contributed by atoms with van der Waals surface area (Å²) in [6, 6.07) is 7.17. The van der Waals surface area contributed by atoms with E-state index < -0.39 is 0 Å². The molecule has 1 fully saturated rings. The van der Waals surface area contributed by atoms with Gasteiger partial charge >= 0.3 is 0 Å². The van der Waals surface area contributed by atoms with Crippen molar-refractivity contribution in [1.82, 2.24) is 10.6 Å². The highest BCUT2D eigenvalue weighted by molar-refractivity contribution is 5.82. The number of nitriles is 1. The first-order valence-corrected chi connectivity index (χ1v) is 5.82. The topological polar surface area (TPSA) is 74.1 Å². The Morgan fingerprint density at radius 1 is 1.67 bits per heavy atom. The zero-order valence-corrected chi connectivity index (χ0v) is 10.2. The van der Waals surface area contributed by atoms with E-state index >= 15 is 0 Å². The molecular formula is C13H15N3O2. The van der Waals surface area contributed by atoms with E-state index in [2.05, 4.69) is 16.7 Å². The Bertz CT molecular complexity index is 489. The number of amides is 1. The molecule has 1 aromatic rings. The number of nitrogens with one attached hydrogen (secondary N) is 2. The molecule has 1 aliphatic rings. The fourth-order valence-electron chi connectivity index (χ4n) is 1.78. The largest absolute Gasteiger partial charge is 0.496 e. The summed E-state index contributed by atoms with van der Waals surface area (Å²) >= 11 is 0. The van der Waals surface area contributed by atoms with Crippen molar-refractivity contribution in [1.29, 1.82) is 5.26 Å². The van der Waals surface area contributed by atoms with Crippen molar-refractivity contribution in [3.63, 3.8) is 0 Å². The van der Waals surface area contributed by atoms with Crippen LogP contribution in [-0.4, -0.2) is 25.6 Å². The fraction of sp³-hybridized carbons (Fsp3) is 0.385. The normalized spacial score (nSPS) is 17.4. The van der Waals surface area contributed by atoms with Crippen LogP contribution in [0.2, 0.25) is 0 Å². The molecule has 0 radical (unpaired) electrons. The molecule has 18 heavy (non-hydrogen) atoms. The number of carbonyl (C=O) groups excluding carboxylic acids is 1. The molecule has 2 rings (SSSR count). The van der Waals surface area contributed by atoms with Gasteiger partial charge in [-0.3, -0.25) is 4.79 Å². The van der Waals surface area contributed by atoms with Crippen molar-refractivity contribution >= 4 is 5.91 Å². The Kier molecular flexibility index (Phi) is 3.80. The van der Waals surface area contributed by atoms with Crippen LogP contribution in [-0.2, 0) is 11.3 Å². The van der Waals surface area contributed by atoms with Gasteiger partial charge in [0.25, 0.3) is 0 Å². The molecule has 0 bridgehead atoms. The molecule has 1 heterocycles. The number of rotatable bonds is 4. The Hall–Kier alpha value is -2.06. The highest BCUT2D eigenvalue weighted by Crippen LogP contribution is 2.19. The average Bonchev–Trinajstić information content (AvgIpc) is 2.34. The molecule has 1 aromatic carbocycles. The van der Waals surface area contributed by atoms with Gasteiger partial charge in [0.05, 0.1) is 24.8 Å². The van der Waals surface area contributed by atoms with Crippen LogP contribution in [0.1, 0.15) is 17.5 Å². The summed E-state index contributed by atoms with van der Waals surface area (Å²) in [5.74, 6) is 0.628. The van der Waals surface area contributed by atoms with Crippen LogP contribution in [0.5, 0.6) is 5.75 Å². The minimum absolute atomic E-state index is 0.00710. The first-order valence-electron chi connectivity index (χ1n) is 5.82. The lowest BCUT2D eigenvalue weighted by Gasteiger charge is -2.26. The smallest absolute Gasteiger partial charge is 0.237 e. The summed E-state index contributed by atoms with van der Waals surface area (Å²) in [5, 5.41) is 14.7. The van der Waals surface area contributed by atoms with Gasteiger partial charge in [0, 0.05) is 12.1 Å². The quantitative estimate of drug-likeness (QED) is 0.812. The lowest BCUT2D eigenvalue weighted by atomic mass is 10.1. The third kappa shape index (κ3) is 2.60. The molecule has 0 aliphatic carbocycles. The van der Waals surface area contributed by atoms with Gasteiger partial charge in [0.1, 0.15) is 5.75 Å². The third-order valence-electron chi connectivity index (χ3n) is 3.01. The van der Waals surface area contributed by atoms with E-state index in [1.165, 1.54) is 0 Å². The molecule has 0 saturated carbocycles. The van der Waals surface area contributed by atoms with Gasteiger partial charge in [-0.2, -0.15) is 5.26 Å². The number of methoxy groups -OCH3 is 1. The highest BCUT2D eigenvalue weighted by atomic mass is 16.5. The predicted molar refractivity (Wildman–Crippen MR) is 66.0 cm³/mol. The molecule has 1 saturated heterocycles. The monoisotopic (exact) mass is 245 g/mol. The van der Waals surface area contributed by atoms with Gasteiger partial charge in [-0.25, -0.2) is 0 Å². The van der Waals surface area contributed by atoms with Crippen LogP contribution in [0.15, 0.2) is 18.2 Å². The molecule has 5 heteroatoms. The van der Waals surface area contributed by atoms with Crippen molar-refractivity contribution in [3.8, 4) is 11.8 Å². The Morgan fingerprint density at radius 3 is 3.00 bits per heavy atom. The number of carbonyl (C=O) groups is 1. The molecule has 94 valence electrons. The van der Waals surface area contributed by atoms with E-state index in [1.807, 2.05) is 0 Å². The second-order valence-corrected chi connectivity index (χ2v) is 4.15. The molecule has 0 spiro atoms. The summed E-state index contributed by atoms with van der Waals surface area (Å²) in [6.45, 7) is 1.31. The molecule has 1 unspecified atom stereocenters. The van der Waals surface area contributed by atoms with Gasteiger partial charge in [0.15, 0.2) is 0 Å². The number of ether oxygens (including phenoxy) is 1. The number of nitrogens with zero attached hydrogens (tertiary/aromatic N) is 1. The second kappa shape index (κ2) is 5.52. The fourth-order valence-corrected chi connectivity index (χ4v) is 1.78. The highest BCUT2D eigenvalue weighted by Gasteiger charge is 2.24. The minimum Gasteiger partial charge on any atom is -0.496 e. The van der Waals surface area contributed by atoms with Crippen LogP contribution in [0.3, 0.4) is 0 Å². The summed E-state index contributed by atoms with van der Waals surface area (Å²) in [7, 11) is 1.55. The first kappa shape index (κ1) is 12.4. The van der Waals surface area contributed by atoms with Crippen molar-refractivity contribution in [3.05, 3.63) is 29.3 Å². The third-order valence-corrected chi connectivity index (χ3v) is 3.01. The maximum atomic E-state index is 11.7. The van der Waals surface area contributed by atoms with E-state index in [0.29, 0.717) is 17.9 Å². The number of benzene rings is 1. The first-order chi connectivity index (χ1) is 8.74. The van der Waals surface area contributed by atoms with Crippen LogP contribution in [0.4, 0.5) is 0 Å². The van der Waals surface area contributed by atoms with Gasteiger partial charge in [-0.05, 0) is 25.1 Å². The van der Waals surface area contributed by atoms with Crippen LogP contribution in [0, 0.1) is 11.3 Å². The Morgan fingerprint density at radius 2 is 2.44 bits per heavy atom. The van der Waals surface area contributed by atoms with E-state index in [9.17, 15) is 4.79 Å². The van der Waals surface area contributed by atoms with Gasteiger partial charge in [-0.1, -0.05) is 6.07 Å². The van der Waals surface area contributed by atoms with Gasteiger partial charge in [0.2, 0.25) is 5.91 Å². The van der Waals surface area contributed by atoms with E-state index in [1.54, 1.807) is 25.3 Å². The van der Waals surface area contributed by atoms with Crippen molar-refractivity contribution in [2.24, 2.45) is 0 Å². The van der Waals surface area contributed by atoms with E-state index in [0.717, 1.165) is 18.5 Å². The standard InChI is InChI=1S/C13H15N3O2/c1-18-12-6-9(7-14)2-3-10(12)8-16-13(17)11-4-5-15-11/h2-3,6,11,15H,4-5,8H2,1H3,(H,16,17). The summed E-state index contributed by atoms with van der Waals surface area (Å²) in [4.78, 5) is 11.7. The molecule has 0 aromatic heterocycles. The Labute approximate surface area is 106 Å². The summed E-state index contributed by atoms with van der Waals surface area (Å²) < 4.78 is 5.20. The van der Waals surface area contributed by atoms with Crippen LogP contribution >= 0.6 is 0 Å². The zero-order chi connectivity index (χ0) is 13.0. The molecule has 5 nitrogen and oxygen atoms in total. The second-order valence-electron chi connectivity index (χ2n) is 4.15. The maximum absolute atomic E-state index is 11.7. The number of hydrogen-bond acceptors (Lipinski definition) is 4. The van der Waals surface area contributed by atoms with E-state index in [4.69, 9.17) is 10.00 Å². The van der Waals surface area contributed by atoms with Crippen molar-refractivity contribution < 1.29 is 9.53 Å². The average molecular weight is 245 g/mol. The van der Waals surface area contributed by atoms with Crippen LogP contribution in [0.25, 0.3) is 0 Å². The molecular weight excluding hydrogens is 230 g/mol. The summed E-state index contributed by atoms with van der Waals surface area (Å²) in [5.41, 5.74) is 1.41. The maximum Gasteiger partial charge on any atom is 0.237 e. The molecule has 1 amide bonds. The van der Waals surface area contributed by atoms with Gasteiger partial charge in [-0.15, -0.1) is 0 Å².